The largest absolute Gasteiger partial charge is 0.497 e. The van der Waals surface area contributed by atoms with Crippen molar-refractivity contribution in [3.8, 4) is 5.75 Å². The van der Waals surface area contributed by atoms with Gasteiger partial charge >= 0.3 is 0 Å². The number of rotatable bonds is 10. The van der Waals surface area contributed by atoms with Crippen molar-refractivity contribution in [3.05, 3.63) is 76.2 Å². The predicted molar refractivity (Wildman–Crippen MR) is 112 cm³/mol. The Balaban J connectivity index is 1.64. The Hall–Kier alpha value is -2.65. The highest BCUT2D eigenvalue weighted by Crippen LogP contribution is 2.28. The second-order valence-electron chi connectivity index (χ2n) is 7.09. The molecule has 0 saturated carbocycles. The molecule has 9 nitrogen and oxygen atoms in total. The first-order chi connectivity index (χ1) is 15.2. The summed E-state index contributed by atoms with van der Waals surface area (Å²) >= 11 is 0. The molecule has 9 heteroatoms. The van der Waals surface area contributed by atoms with Gasteiger partial charge in [0.05, 0.1) is 33.0 Å². The van der Waals surface area contributed by atoms with E-state index in [2.05, 4.69) is 10.0 Å². The van der Waals surface area contributed by atoms with Crippen molar-refractivity contribution in [2.24, 2.45) is 5.11 Å². The number of hydrogen-bond donors (Lipinski definition) is 1. The minimum Gasteiger partial charge on any atom is -0.497 e. The second kappa shape index (κ2) is 11.7. The van der Waals surface area contributed by atoms with Crippen molar-refractivity contribution in [2.75, 3.05) is 20.8 Å². The van der Waals surface area contributed by atoms with E-state index in [1.54, 1.807) is 7.11 Å². The molecule has 2 aromatic carbocycles. The first-order valence-corrected chi connectivity index (χ1v) is 9.93. The highest BCUT2D eigenvalue weighted by Gasteiger charge is 2.46. The van der Waals surface area contributed by atoms with Crippen molar-refractivity contribution in [2.45, 2.75) is 43.9 Å². The molecule has 3 rings (SSSR count). The highest BCUT2D eigenvalue weighted by molar-refractivity contribution is 5.26. The minimum absolute atomic E-state index is 0.112. The zero-order valence-corrected chi connectivity index (χ0v) is 17.5. The maximum absolute atomic E-state index is 10.9. The smallest absolute Gasteiger partial charge is 0.168 e. The number of hydrogen-bond acceptors (Lipinski definition) is 7. The zero-order valence-electron chi connectivity index (χ0n) is 17.5. The van der Waals surface area contributed by atoms with E-state index >= 15 is 0 Å². The molecule has 0 radical (unpaired) electrons. The van der Waals surface area contributed by atoms with E-state index in [4.69, 9.17) is 29.2 Å². The Kier molecular flexibility index (Phi) is 8.66. The van der Waals surface area contributed by atoms with Crippen LogP contribution in [-0.2, 0) is 32.2 Å². The van der Waals surface area contributed by atoms with E-state index < -0.39 is 30.6 Å². The van der Waals surface area contributed by atoms with Crippen LogP contribution in [0, 0.1) is 0 Å². The van der Waals surface area contributed by atoms with Gasteiger partial charge in [-0.15, -0.1) is 0 Å². The number of benzene rings is 2. The van der Waals surface area contributed by atoms with Crippen LogP contribution in [0.2, 0.25) is 0 Å². The molecule has 31 heavy (non-hydrogen) atoms. The molecule has 1 aliphatic heterocycles. The molecular weight excluding hydrogens is 402 g/mol. The lowest BCUT2D eigenvalue weighted by Crippen LogP contribution is -2.59. The summed E-state index contributed by atoms with van der Waals surface area (Å²) < 4.78 is 28.0. The fourth-order valence-corrected chi connectivity index (χ4v) is 3.39. The number of nitrogens with zero attached hydrogens (tertiary/aromatic N) is 3. The maximum Gasteiger partial charge on any atom is 0.168 e. The van der Waals surface area contributed by atoms with Gasteiger partial charge in [-0.05, 0) is 28.8 Å². The first kappa shape index (κ1) is 23.0. The van der Waals surface area contributed by atoms with Gasteiger partial charge in [0, 0.05) is 12.0 Å². The number of azide groups is 1. The molecule has 1 saturated heterocycles. The Morgan fingerprint density at radius 2 is 1.74 bits per heavy atom. The third kappa shape index (κ3) is 6.18. The van der Waals surface area contributed by atoms with Gasteiger partial charge in [-0.2, -0.15) is 0 Å². The SMILES string of the molecule is COc1ccc(COC[C@H]2O[C@H](OC)[C@H](N=[N+]=[N-])[C@@H](OCc3ccccc3)[C@@H]2O)cc1. The van der Waals surface area contributed by atoms with E-state index in [1.807, 2.05) is 54.6 Å². The molecule has 1 N–H and O–H groups in total. The monoisotopic (exact) mass is 429 g/mol. The third-order valence-electron chi connectivity index (χ3n) is 5.05. The van der Waals surface area contributed by atoms with Crippen LogP contribution in [0.4, 0.5) is 0 Å². The quantitative estimate of drug-likeness (QED) is 0.352. The lowest BCUT2D eigenvalue weighted by molar-refractivity contribution is -0.270. The van der Waals surface area contributed by atoms with Crippen LogP contribution in [0.3, 0.4) is 0 Å². The summed E-state index contributed by atoms with van der Waals surface area (Å²) in [5.74, 6) is 0.764. The van der Waals surface area contributed by atoms with Crippen LogP contribution >= 0.6 is 0 Å². The Labute approximate surface area is 181 Å². The van der Waals surface area contributed by atoms with E-state index in [-0.39, 0.29) is 13.2 Å². The lowest BCUT2D eigenvalue weighted by Gasteiger charge is -2.42. The molecule has 0 bridgehead atoms. The predicted octanol–water partition coefficient (Wildman–Crippen LogP) is 3.21. The fourth-order valence-electron chi connectivity index (χ4n) is 3.39. The number of ether oxygens (including phenoxy) is 5. The number of aliphatic hydroxyl groups is 1. The van der Waals surface area contributed by atoms with E-state index in [1.165, 1.54) is 7.11 Å². The van der Waals surface area contributed by atoms with Crippen molar-refractivity contribution >= 4 is 0 Å². The summed E-state index contributed by atoms with van der Waals surface area (Å²) in [5, 5.41) is 14.6. The number of aliphatic hydroxyl groups excluding tert-OH is 1. The van der Waals surface area contributed by atoms with Crippen molar-refractivity contribution in [1.82, 2.24) is 0 Å². The topological polar surface area (TPSA) is 115 Å². The molecule has 0 amide bonds. The summed E-state index contributed by atoms with van der Waals surface area (Å²) in [7, 11) is 3.06. The van der Waals surface area contributed by atoms with Gasteiger partial charge in [0.2, 0.25) is 0 Å². The average Bonchev–Trinajstić information content (AvgIpc) is 2.81. The lowest BCUT2D eigenvalue weighted by atomic mass is 9.97. The summed E-state index contributed by atoms with van der Waals surface area (Å²) in [6.07, 6.45) is -3.46. The van der Waals surface area contributed by atoms with Crippen LogP contribution in [0.5, 0.6) is 5.75 Å². The summed E-state index contributed by atoms with van der Waals surface area (Å²) in [6, 6.07) is 16.2. The fraction of sp³-hybridized carbons (Fsp3) is 0.455. The molecule has 1 aliphatic rings. The van der Waals surface area contributed by atoms with Gasteiger partial charge < -0.3 is 28.8 Å². The summed E-state index contributed by atoms with van der Waals surface area (Å²) in [6.45, 7) is 0.695. The Morgan fingerprint density at radius 1 is 1.03 bits per heavy atom. The van der Waals surface area contributed by atoms with Gasteiger partial charge in [0.1, 0.15) is 24.0 Å². The Bertz CT molecular complexity index is 844. The second-order valence-corrected chi connectivity index (χ2v) is 7.09. The average molecular weight is 429 g/mol. The van der Waals surface area contributed by atoms with Gasteiger partial charge in [0.25, 0.3) is 0 Å². The van der Waals surface area contributed by atoms with Gasteiger partial charge in [-0.25, -0.2) is 0 Å². The normalized spacial score (nSPS) is 25.6. The molecule has 0 aliphatic carbocycles. The zero-order chi connectivity index (χ0) is 22.1. The van der Waals surface area contributed by atoms with Crippen molar-refractivity contribution in [3.63, 3.8) is 0 Å². The van der Waals surface area contributed by atoms with Gasteiger partial charge in [0.15, 0.2) is 6.29 Å². The third-order valence-corrected chi connectivity index (χ3v) is 5.05. The molecule has 0 unspecified atom stereocenters. The minimum atomic E-state index is -1.07. The van der Waals surface area contributed by atoms with Gasteiger partial charge in [-0.3, -0.25) is 0 Å². The van der Waals surface area contributed by atoms with Crippen molar-refractivity contribution in [1.29, 1.82) is 0 Å². The van der Waals surface area contributed by atoms with Crippen LogP contribution < -0.4 is 4.74 Å². The molecule has 1 heterocycles. The van der Waals surface area contributed by atoms with E-state index in [0.717, 1.165) is 16.9 Å². The molecule has 0 spiro atoms. The molecule has 1 fully saturated rings. The maximum atomic E-state index is 10.9. The molecular formula is C22H27N3O6. The summed E-state index contributed by atoms with van der Waals surface area (Å²) in [4.78, 5) is 2.87. The van der Waals surface area contributed by atoms with E-state index in [9.17, 15) is 5.11 Å². The standard InChI is InChI=1S/C22H27N3O6/c1-27-17-10-8-16(9-11-17)12-29-14-18-20(26)21(19(24-25-23)22(28-2)31-18)30-13-15-6-4-3-5-7-15/h3-11,18-22,26H,12-14H2,1-2H3/t18-,19-,20-,21-,22+/m1/s1. The van der Waals surface area contributed by atoms with Crippen molar-refractivity contribution < 1.29 is 28.8 Å². The number of methoxy groups -OCH3 is 2. The molecule has 5 atom stereocenters. The Morgan fingerprint density at radius 3 is 2.39 bits per heavy atom. The first-order valence-electron chi connectivity index (χ1n) is 9.93. The molecule has 166 valence electrons. The molecule has 0 aromatic heterocycles. The van der Waals surface area contributed by atoms with Crippen LogP contribution in [0.1, 0.15) is 11.1 Å². The van der Waals surface area contributed by atoms with E-state index in [0.29, 0.717) is 6.61 Å². The summed E-state index contributed by atoms with van der Waals surface area (Å²) in [5.41, 5.74) is 10.9. The van der Waals surface area contributed by atoms with Crippen LogP contribution in [0.25, 0.3) is 10.4 Å². The highest BCUT2D eigenvalue weighted by atomic mass is 16.7. The van der Waals surface area contributed by atoms with Crippen LogP contribution in [-0.4, -0.2) is 56.6 Å². The van der Waals surface area contributed by atoms with Gasteiger partial charge in [-0.1, -0.05) is 47.6 Å². The molecule has 2 aromatic rings. The van der Waals surface area contributed by atoms with Crippen LogP contribution in [0.15, 0.2) is 59.7 Å².